The molecule has 0 radical (unpaired) electrons. The van der Waals surface area contributed by atoms with Crippen molar-refractivity contribution in [3.63, 3.8) is 0 Å². The summed E-state index contributed by atoms with van der Waals surface area (Å²) >= 11 is 0. The normalized spacial score (nSPS) is 12.3. The summed E-state index contributed by atoms with van der Waals surface area (Å²) in [6.45, 7) is 9.98. The lowest BCUT2D eigenvalue weighted by molar-refractivity contribution is -0.121. The first kappa shape index (κ1) is 22.8. The maximum absolute atomic E-state index is 12.9. The van der Waals surface area contributed by atoms with E-state index in [2.05, 4.69) is 117 Å². The van der Waals surface area contributed by atoms with Gasteiger partial charge in [0, 0.05) is 42.5 Å². The summed E-state index contributed by atoms with van der Waals surface area (Å²) in [7, 11) is 0. The minimum absolute atomic E-state index is 0.00114. The highest BCUT2D eigenvalue weighted by Gasteiger charge is 2.23. The molecule has 1 atom stereocenters. The number of hydrogen-bond acceptors (Lipinski definition) is 1. The second-order valence-corrected chi connectivity index (χ2v) is 9.58. The van der Waals surface area contributed by atoms with Gasteiger partial charge in [-0.05, 0) is 42.5 Å². The number of carbonyl (C=O) groups excluding carboxylic acids is 1. The Labute approximate surface area is 197 Å². The number of benzene rings is 3. The van der Waals surface area contributed by atoms with Crippen LogP contribution in [0.3, 0.4) is 0 Å². The van der Waals surface area contributed by atoms with Gasteiger partial charge >= 0.3 is 0 Å². The molecule has 0 aliphatic carbocycles. The first-order valence-electron chi connectivity index (χ1n) is 11.9. The highest BCUT2D eigenvalue weighted by atomic mass is 16.1. The molecule has 0 saturated carbocycles. The van der Waals surface area contributed by atoms with Gasteiger partial charge < -0.3 is 9.88 Å². The number of rotatable bonds is 8. The Morgan fingerprint density at radius 3 is 2.39 bits per heavy atom. The van der Waals surface area contributed by atoms with Crippen LogP contribution in [0.4, 0.5) is 0 Å². The van der Waals surface area contributed by atoms with Crippen molar-refractivity contribution in [3.8, 4) is 0 Å². The number of fused-ring (bicyclic) bond motifs is 1. The number of nitrogens with zero attached hydrogens (tertiary/aromatic N) is 1. The van der Waals surface area contributed by atoms with Gasteiger partial charge in [-0.25, -0.2) is 0 Å². The second kappa shape index (κ2) is 10.1. The van der Waals surface area contributed by atoms with E-state index in [1.807, 2.05) is 0 Å². The molecule has 3 heteroatoms. The molecule has 1 amide bonds. The van der Waals surface area contributed by atoms with Crippen molar-refractivity contribution in [2.24, 2.45) is 5.92 Å². The van der Waals surface area contributed by atoms with Gasteiger partial charge in [0.15, 0.2) is 0 Å². The van der Waals surface area contributed by atoms with Crippen molar-refractivity contribution in [1.82, 2.24) is 9.88 Å². The predicted octanol–water partition coefficient (Wildman–Crippen LogP) is 6.60. The summed E-state index contributed by atoms with van der Waals surface area (Å²) in [5, 5.41) is 4.34. The van der Waals surface area contributed by atoms with Crippen molar-refractivity contribution in [1.29, 1.82) is 0 Å². The largest absolute Gasteiger partial charge is 0.356 e. The molecule has 3 aromatic carbocycles. The molecule has 0 fully saturated rings. The summed E-state index contributed by atoms with van der Waals surface area (Å²) in [6.07, 6.45) is 2.70. The minimum atomic E-state index is 0.00114. The lowest BCUT2D eigenvalue weighted by Crippen LogP contribution is -2.28. The molecule has 33 heavy (non-hydrogen) atoms. The number of aryl methyl sites for hydroxylation is 2. The third-order valence-electron chi connectivity index (χ3n) is 6.21. The molecule has 1 N–H and O–H groups in total. The third-order valence-corrected chi connectivity index (χ3v) is 6.21. The van der Waals surface area contributed by atoms with Gasteiger partial charge in [0.25, 0.3) is 0 Å². The van der Waals surface area contributed by atoms with Gasteiger partial charge in [0.05, 0.1) is 0 Å². The van der Waals surface area contributed by atoms with Crippen molar-refractivity contribution in [2.45, 2.75) is 46.6 Å². The predicted molar refractivity (Wildman–Crippen MR) is 138 cm³/mol. The molecule has 170 valence electrons. The Morgan fingerprint density at radius 1 is 0.909 bits per heavy atom. The van der Waals surface area contributed by atoms with Gasteiger partial charge in [0.2, 0.25) is 5.91 Å². The first-order chi connectivity index (χ1) is 15.9. The Balaban J connectivity index is 1.75. The summed E-state index contributed by atoms with van der Waals surface area (Å²) in [4.78, 5) is 12.9. The number of nitrogens with one attached hydrogen (secondary N) is 1. The standard InChI is InChI=1S/C30H34N2O/c1-21(2)18-31-30(33)17-27(25-9-7-8-23(4)16-25)28-20-32(29-11-6-5-10-26(28)29)19-24-14-12-22(3)13-15-24/h5-16,20-21,27H,17-19H2,1-4H3,(H,31,33). The van der Waals surface area contributed by atoms with Crippen LogP contribution in [0.1, 0.15) is 54.0 Å². The molecule has 1 heterocycles. The molecular formula is C30H34N2O. The van der Waals surface area contributed by atoms with E-state index in [0.29, 0.717) is 18.9 Å². The number of amides is 1. The van der Waals surface area contributed by atoms with E-state index in [1.54, 1.807) is 0 Å². The molecular weight excluding hydrogens is 404 g/mol. The van der Waals surface area contributed by atoms with Gasteiger partial charge in [0.1, 0.15) is 0 Å². The van der Waals surface area contributed by atoms with E-state index in [0.717, 1.165) is 6.54 Å². The average molecular weight is 439 g/mol. The molecule has 0 bridgehead atoms. The molecule has 0 aliphatic heterocycles. The molecule has 4 aromatic rings. The Bertz CT molecular complexity index is 1230. The number of hydrogen-bond donors (Lipinski definition) is 1. The van der Waals surface area contributed by atoms with Gasteiger partial charge in [-0.15, -0.1) is 0 Å². The van der Waals surface area contributed by atoms with E-state index in [1.165, 1.54) is 38.7 Å². The van der Waals surface area contributed by atoms with Crippen molar-refractivity contribution >= 4 is 16.8 Å². The topological polar surface area (TPSA) is 34.0 Å². The average Bonchev–Trinajstić information content (AvgIpc) is 3.16. The van der Waals surface area contributed by atoms with Crippen LogP contribution in [0.15, 0.2) is 79.0 Å². The summed E-state index contributed by atoms with van der Waals surface area (Å²) in [5.74, 6) is 0.537. The Kier molecular flexibility index (Phi) is 6.98. The van der Waals surface area contributed by atoms with E-state index in [4.69, 9.17) is 0 Å². The Morgan fingerprint density at radius 2 is 1.67 bits per heavy atom. The smallest absolute Gasteiger partial charge is 0.220 e. The van der Waals surface area contributed by atoms with Crippen LogP contribution >= 0.6 is 0 Å². The first-order valence-corrected chi connectivity index (χ1v) is 11.9. The summed E-state index contributed by atoms with van der Waals surface area (Å²) < 4.78 is 2.32. The molecule has 4 rings (SSSR count). The zero-order chi connectivity index (χ0) is 23.4. The van der Waals surface area contributed by atoms with Crippen LogP contribution < -0.4 is 5.32 Å². The highest BCUT2D eigenvalue weighted by Crippen LogP contribution is 2.35. The zero-order valence-electron chi connectivity index (χ0n) is 20.1. The number of carbonyl (C=O) groups is 1. The SMILES string of the molecule is Cc1ccc(Cn2cc(C(CC(=O)NCC(C)C)c3cccc(C)c3)c3ccccc32)cc1. The lowest BCUT2D eigenvalue weighted by atomic mass is 9.87. The van der Waals surface area contributed by atoms with Crippen molar-refractivity contribution < 1.29 is 4.79 Å². The molecule has 1 aromatic heterocycles. The van der Waals surface area contributed by atoms with Gasteiger partial charge in [-0.3, -0.25) is 4.79 Å². The van der Waals surface area contributed by atoms with E-state index in [-0.39, 0.29) is 11.8 Å². The lowest BCUT2D eigenvalue weighted by Gasteiger charge is -2.18. The quantitative estimate of drug-likeness (QED) is 0.330. The third kappa shape index (κ3) is 5.54. The van der Waals surface area contributed by atoms with Crippen LogP contribution in [-0.2, 0) is 11.3 Å². The van der Waals surface area contributed by atoms with Crippen LogP contribution in [0.2, 0.25) is 0 Å². The fourth-order valence-electron chi connectivity index (χ4n) is 4.44. The zero-order valence-corrected chi connectivity index (χ0v) is 20.1. The second-order valence-electron chi connectivity index (χ2n) is 9.58. The van der Waals surface area contributed by atoms with E-state index in [9.17, 15) is 4.79 Å². The fraction of sp³-hybridized carbons (Fsp3) is 0.300. The molecule has 0 saturated heterocycles. The highest BCUT2D eigenvalue weighted by molar-refractivity contribution is 5.86. The van der Waals surface area contributed by atoms with E-state index >= 15 is 0 Å². The Hall–Kier alpha value is -3.33. The van der Waals surface area contributed by atoms with Crippen LogP contribution in [0.5, 0.6) is 0 Å². The fourth-order valence-corrected chi connectivity index (χ4v) is 4.44. The van der Waals surface area contributed by atoms with E-state index < -0.39 is 0 Å². The molecule has 0 spiro atoms. The van der Waals surface area contributed by atoms with Crippen LogP contribution in [-0.4, -0.2) is 17.0 Å². The van der Waals surface area contributed by atoms with Crippen LogP contribution in [0.25, 0.3) is 10.9 Å². The summed E-state index contributed by atoms with van der Waals surface area (Å²) in [5.41, 5.74) is 7.35. The summed E-state index contributed by atoms with van der Waals surface area (Å²) in [6, 6.07) is 25.8. The van der Waals surface area contributed by atoms with Crippen molar-refractivity contribution in [3.05, 3.63) is 107 Å². The van der Waals surface area contributed by atoms with Gasteiger partial charge in [-0.2, -0.15) is 0 Å². The van der Waals surface area contributed by atoms with Crippen molar-refractivity contribution in [2.75, 3.05) is 6.54 Å². The molecule has 3 nitrogen and oxygen atoms in total. The minimum Gasteiger partial charge on any atom is -0.356 e. The monoisotopic (exact) mass is 438 g/mol. The number of aromatic nitrogens is 1. The van der Waals surface area contributed by atoms with Gasteiger partial charge in [-0.1, -0.05) is 91.7 Å². The maximum atomic E-state index is 12.9. The van der Waals surface area contributed by atoms with Crippen LogP contribution in [0, 0.1) is 19.8 Å². The molecule has 1 unspecified atom stereocenters. The molecule has 0 aliphatic rings. The maximum Gasteiger partial charge on any atom is 0.220 e. The number of para-hydroxylation sites is 1.